The molecule has 2 rings (SSSR count). The van der Waals surface area contributed by atoms with E-state index in [1.165, 1.54) is 4.88 Å². The van der Waals surface area contributed by atoms with E-state index in [1.807, 2.05) is 23.3 Å². The highest BCUT2D eigenvalue weighted by molar-refractivity contribution is 7.09. The van der Waals surface area contributed by atoms with E-state index in [0.717, 1.165) is 18.8 Å². The van der Waals surface area contributed by atoms with E-state index in [-0.39, 0.29) is 0 Å². The minimum atomic E-state index is 0.348. The molecule has 0 amide bonds. The SMILES string of the molecule is CC(NCCc1nncn1C)c1cncs1. The average molecular weight is 237 g/mol. The molecule has 1 N–H and O–H groups in total. The fourth-order valence-corrected chi connectivity index (χ4v) is 2.13. The molecule has 1 unspecified atom stereocenters. The molecular weight excluding hydrogens is 222 g/mol. The molecule has 0 bridgehead atoms. The lowest BCUT2D eigenvalue weighted by molar-refractivity contribution is 0.570. The molecule has 0 saturated heterocycles. The van der Waals surface area contributed by atoms with Crippen molar-refractivity contribution in [3.8, 4) is 0 Å². The van der Waals surface area contributed by atoms with Gasteiger partial charge in [-0.15, -0.1) is 21.5 Å². The summed E-state index contributed by atoms with van der Waals surface area (Å²) in [4.78, 5) is 5.33. The third kappa shape index (κ3) is 2.65. The highest BCUT2D eigenvalue weighted by Crippen LogP contribution is 2.15. The topological polar surface area (TPSA) is 55.6 Å². The summed E-state index contributed by atoms with van der Waals surface area (Å²) in [7, 11) is 1.96. The van der Waals surface area contributed by atoms with Crippen molar-refractivity contribution in [3.05, 3.63) is 28.7 Å². The molecule has 0 aliphatic carbocycles. The Morgan fingerprint density at radius 2 is 2.44 bits per heavy atom. The van der Waals surface area contributed by atoms with Crippen LogP contribution >= 0.6 is 11.3 Å². The van der Waals surface area contributed by atoms with E-state index in [0.29, 0.717) is 6.04 Å². The van der Waals surface area contributed by atoms with Crippen LogP contribution in [0.25, 0.3) is 0 Å². The second kappa shape index (κ2) is 5.18. The third-order valence-corrected chi connectivity index (χ3v) is 3.44. The standard InChI is InChI=1S/C10H15N5S/c1-8(9-5-11-7-16-9)12-4-3-10-14-13-6-15(10)2/h5-8,12H,3-4H2,1-2H3. The van der Waals surface area contributed by atoms with Gasteiger partial charge in [-0.05, 0) is 6.92 Å². The summed E-state index contributed by atoms with van der Waals surface area (Å²) in [6, 6.07) is 0.348. The summed E-state index contributed by atoms with van der Waals surface area (Å²) in [6.07, 6.45) is 4.52. The van der Waals surface area contributed by atoms with Gasteiger partial charge < -0.3 is 9.88 Å². The lowest BCUT2D eigenvalue weighted by Crippen LogP contribution is -2.21. The molecule has 5 nitrogen and oxygen atoms in total. The van der Waals surface area contributed by atoms with Crippen molar-refractivity contribution >= 4 is 11.3 Å². The number of aryl methyl sites for hydroxylation is 1. The van der Waals surface area contributed by atoms with Crippen LogP contribution in [0.3, 0.4) is 0 Å². The summed E-state index contributed by atoms with van der Waals surface area (Å²) >= 11 is 1.68. The van der Waals surface area contributed by atoms with Gasteiger partial charge in [0.1, 0.15) is 12.2 Å². The van der Waals surface area contributed by atoms with Crippen LogP contribution in [0.4, 0.5) is 0 Å². The van der Waals surface area contributed by atoms with Crippen molar-refractivity contribution < 1.29 is 0 Å². The van der Waals surface area contributed by atoms with Crippen LogP contribution in [0.1, 0.15) is 23.7 Å². The van der Waals surface area contributed by atoms with Crippen LogP contribution in [0.2, 0.25) is 0 Å². The minimum absolute atomic E-state index is 0.348. The lowest BCUT2D eigenvalue weighted by atomic mass is 10.3. The quantitative estimate of drug-likeness (QED) is 0.848. The van der Waals surface area contributed by atoms with Crippen molar-refractivity contribution in [2.75, 3.05) is 6.54 Å². The summed E-state index contributed by atoms with van der Waals surface area (Å²) in [5, 5.41) is 11.3. The van der Waals surface area contributed by atoms with Crippen molar-refractivity contribution in [2.45, 2.75) is 19.4 Å². The number of aromatic nitrogens is 4. The van der Waals surface area contributed by atoms with E-state index in [4.69, 9.17) is 0 Å². The fourth-order valence-electron chi connectivity index (χ4n) is 1.47. The van der Waals surface area contributed by atoms with Crippen LogP contribution in [0, 0.1) is 0 Å². The Morgan fingerprint density at radius 3 is 3.06 bits per heavy atom. The van der Waals surface area contributed by atoms with Gasteiger partial charge in [0.15, 0.2) is 0 Å². The Kier molecular flexibility index (Phi) is 3.63. The van der Waals surface area contributed by atoms with Crippen LogP contribution in [-0.2, 0) is 13.5 Å². The first-order valence-corrected chi connectivity index (χ1v) is 6.10. The van der Waals surface area contributed by atoms with Gasteiger partial charge >= 0.3 is 0 Å². The molecule has 86 valence electrons. The Bertz CT molecular complexity index is 422. The summed E-state index contributed by atoms with van der Waals surface area (Å²) in [6.45, 7) is 3.04. The molecule has 0 spiro atoms. The van der Waals surface area contributed by atoms with E-state index in [1.54, 1.807) is 17.7 Å². The van der Waals surface area contributed by atoms with Gasteiger partial charge in [-0.1, -0.05) is 0 Å². The second-order valence-electron chi connectivity index (χ2n) is 3.69. The zero-order valence-corrected chi connectivity index (χ0v) is 10.2. The fraction of sp³-hybridized carbons (Fsp3) is 0.500. The van der Waals surface area contributed by atoms with Crippen LogP contribution < -0.4 is 5.32 Å². The van der Waals surface area contributed by atoms with Crippen molar-refractivity contribution in [1.82, 2.24) is 25.1 Å². The molecule has 0 fully saturated rings. The molecule has 0 aliphatic heterocycles. The highest BCUT2D eigenvalue weighted by atomic mass is 32.1. The van der Waals surface area contributed by atoms with Gasteiger partial charge in [-0.25, -0.2) is 0 Å². The number of hydrogen-bond donors (Lipinski definition) is 1. The molecule has 2 aromatic heterocycles. The van der Waals surface area contributed by atoms with E-state index in [9.17, 15) is 0 Å². The van der Waals surface area contributed by atoms with E-state index in [2.05, 4.69) is 27.4 Å². The smallest absolute Gasteiger partial charge is 0.133 e. The Hall–Kier alpha value is -1.27. The molecule has 6 heteroatoms. The monoisotopic (exact) mass is 237 g/mol. The first kappa shape index (κ1) is 11.2. The van der Waals surface area contributed by atoms with E-state index >= 15 is 0 Å². The number of hydrogen-bond acceptors (Lipinski definition) is 5. The summed E-state index contributed by atoms with van der Waals surface area (Å²) in [5.41, 5.74) is 1.86. The van der Waals surface area contributed by atoms with Gasteiger partial charge in [-0.2, -0.15) is 0 Å². The molecule has 16 heavy (non-hydrogen) atoms. The van der Waals surface area contributed by atoms with Crippen LogP contribution in [-0.4, -0.2) is 26.3 Å². The van der Waals surface area contributed by atoms with E-state index < -0.39 is 0 Å². The average Bonchev–Trinajstić information content (AvgIpc) is 2.90. The molecule has 1 atom stereocenters. The normalized spacial score (nSPS) is 12.9. The van der Waals surface area contributed by atoms with Crippen molar-refractivity contribution in [3.63, 3.8) is 0 Å². The molecule has 0 saturated carbocycles. The maximum absolute atomic E-state index is 4.07. The predicted molar refractivity (Wildman–Crippen MR) is 63.2 cm³/mol. The maximum atomic E-state index is 4.07. The summed E-state index contributed by atoms with van der Waals surface area (Å²) < 4.78 is 1.94. The number of nitrogens with one attached hydrogen (secondary N) is 1. The van der Waals surface area contributed by atoms with Crippen LogP contribution in [0.5, 0.6) is 0 Å². The predicted octanol–water partition coefficient (Wildman–Crippen LogP) is 1.16. The number of nitrogens with zero attached hydrogens (tertiary/aromatic N) is 4. The third-order valence-electron chi connectivity index (χ3n) is 2.48. The van der Waals surface area contributed by atoms with Gasteiger partial charge in [-0.3, -0.25) is 4.98 Å². The van der Waals surface area contributed by atoms with Gasteiger partial charge in [0.05, 0.1) is 5.51 Å². The largest absolute Gasteiger partial charge is 0.321 e. The van der Waals surface area contributed by atoms with Crippen molar-refractivity contribution in [2.24, 2.45) is 7.05 Å². The maximum Gasteiger partial charge on any atom is 0.133 e. The molecule has 0 radical (unpaired) electrons. The number of rotatable bonds is 5. The Balaban J connectivity index is 1.78. The Morgan fingerprint density at radius 1 is 1.56 bits per heavy atom. The molecule has 0 aliphatic rings. The van der Waals surface area contributed by atoms with Crippen LogP contribution in [0.15, 0.2) is 18.0 Å². The molecular formula is C10H15N5S. The van der Waals surface area contributed by atoms with Crippen molar-refractivity contribution in [1.29, 1.82) is 0 Å². The zero-order valence-electron chi connectivity index (χ0n) is 9.42. The molecule has 2 heterocycles. The Labute approximate surface area is 98.5 Å². The minimum Gasteiger partial charge on any atom is -0.321 e. The highest BCUT2D eigenvalue weighted by Gasteiger charge is 2.06. The first-order valence-electron chi connectivity index (χ1n) is 5.22. The van der Waals surface area contributed by atoms with Gasteiger partial charge in [0.25, 0.3) is 0 Å². The van der Waals surface area contributed by atoms with Gasteiger partial charge in [0.2, 0.25) is 0 Å². The summed E-state index contributed by atoms with van der Waals surface area (Å²) in [5.74, 6) is 1.00. The first-order chi connectivity index (χ1) is 7.77. The molecule has 2 aromatic rings. The lowest BCUT2D eigenvalue weighted by Gasteiger charge is -2.10. The second-order valence-corrected chi connectivity index (χ2v) is 4.61. The van der Waals surface area contributed by atoms with Gasteiger partial charge in [0, 0.05) is 37.1 Å². The molecule has 0 aromatic carbocycles. The number of thiazole rings is 1. The zero-order chi connectivity index (χ0) is 11.4.